The summed E-state index contributed by atoms with van der Waals surface area (Å²) in [6.45, 7) is 8.49. The topological polar surface area (TPSA) is 126 Å². The molecule has 2 aromatic carbocycles. The minimum absolute atomic E-state index is 0.0318. The lowest BCUT2D eigenvalue weighted by molar-refractivity contribution is -0.119. The molecule has 0 aliphatic carbocycles. The van der Waals surface area contributed by atoms with Crippen molar-refractivity contribution in [2.45, 2.75) is 71.4 Å². The number of ether oxygens (including phenoxy) is 3. The highest BCUT2D eigenvalue weighted by atomic mass is 35.5. The summed E-state index contributed by atoms with van der Waals surface area (Å²) in [5.74, 6) is 0.826. The quantitative estimate of drug-likeness (QED) is 0.137. The Balaban J connectivity index is 1.47. The highest BCUT2D eigenvalue weighted by molar-refractivity contribution is 6.39. The van der Waals surface area contributed by atoms with Gasteiger partial charge < -0.3 is 29.5 Å². The lowest BCUT2D eigenvalue weighted by atomic mass is 9.99. The average Bonchev–Trinajstić information content (AvgIpc) is 3.52. The van der Waals surface area contributed by atoms with Gasteiger partial charge in [0.25, 0.3) is 0 Å². The fourth-order valence-electron chi connectivity index (χ4n) is 6.39. The number of nitrogens with one attached hydrogen (secondary N) is 1. The summed E-state index contributed by atoms with van der Waals surface area (Å²) in [6, 6.07) is 14.6. The van der Waals surface area contributed by atoms with Gasteiger partial charge in [0.2, 0.25) is 11.8 Å². The van der Waals surface area contributed by atoms with E-state index in [2.05, 4.69) is 10.3 Å². The van der Waals surface area contributed by atoms with Crippen molar-refractivity contribution in [1.82, 2.24) is 25.1 Å². The standard InChI is InChI=1S/C40H46Cl3N5O6/c1-23(49)19-47(5)20-25-12-11-24(17-33(25)52-6)37-36(43)28(15-16-44-37)27-9-8-10-29(35(27)42)32-18-31(41)30(38(46-32)53-7)22-48(39(51)54-40(2,3)4)21-26-13-14-34(50)45-26/h8-12,15-18,23,26,49H,13-14,19-22H2,1-7H3,(H,45,50)/t23-,26-/m0/s1. The van der Waals surface area contributed by atoms with E-state index in [-0.39, 0.29) is 30.9 Å². The number of aliphatic hydroxyl groups is 1. The molecule has 11 nitrogen and oxygen atoms in total. The lowest BCUT2D eigenvalue weighted by Crippen LogP contribution is -2.43. The van der Waals surface area contributed by atoms with E-state index in [4.69, 9.17) is 54.0 Å². The number of benzene rings is 2. The number of hydrogen-bond donors (Lipinski definition) is 2. The molecule has 5 rings (SSSR count). The van der Waals surface area contributed by atoms with Gasteiger partial charge in [-0.2, -0.15) is 0 Å². The van der Waals surface area contributed by atoms with Gasteiger partial charge in [0, 0.05) is 66.1 Å². The van der Waals surface area contributed by atoms with Crippen molar-refractivity contribution in [3.05, 3.63) is 80.9 Å². The number of halogens is 3. The van der Waals surface area contributed by atoms with Gasteiger partial charge >= 0.3 is 6.09 Å². The number of aliphatic hydroxyl groups excluding tert-OH is 1. The zero-order valence-corrected chi connectivity index (χ0v) is 33.8. The molecule has 4 aromatic rings. The van der Waals surface area contributed by atoms with E-state index in [1.54, 1.807) is 53.1 Å². The van der Waals surface area contributed by atoms with Crippen LogP contribution in [-0.2, 0) is 22.6 Å². The van der Waals surface area contributed by atoms with Crippen molar-refractivity contribution >= 4 is 46.8 Å². The number of hydrogen-bond acceptors (Lipinski definition) is 9. The largest absolute Gasteiger partial charge is 0.496 e. The fraction of sp³-hybridized carbons (Fsp3) is 0.400. The Morgan fingerprint density at radius 3 is 2.39 bits per heavy atom. The van der Waals surface area contributed by atoms with Crippen molar-refractivity contribution in [1.29, 1.82) is 0 Å². The number of carbonyl (C=O) groups excluding carboxylic acids is 2. The molecule has 2 amide bonds. The maximum atomic E-state index is 13.3. The molecule has 1 aliphatic rings. The van der Waals surface area contributed by atoms with Gasteiger partial charge in [-0.05, 0) is 59.4 Å². The number of rotatable bonds is 13. The van der Waals surface area contributed by atoms with Crippen LogP contribution >= 0.6 is 34.8 Å². The van der Waals surface area contributed by atoms with E-state index in [1.165, 1.54) is 12.0 Å². The number of nitrogens with zero attached hydrogens (tertiary/aromatic N) is 4. The molecule has 0 radical (unpaired) electrons. The van der Waals surface area contributed by atoms with Crippen molar-refractivity contribution in [3.63, 3.8) is 0 Å². The second-order valence-electron chi connectivity index (χ2n) is 14.4. The van der Waals surface area contributed by atoms with Crippen LogP contribution in [0.5, 0.6) is 11.6 Å². The molecule has 2 atom stereocenters. The molecule has 0 saturated carbocycles. The molecule has 14 heteroatoms. The van der Waals surface area contributed by atoms with E-state index < -0.39 is 17.8 Å². The van der Waals surface area contributed by atoms with Gasteiger partial charge in [0.05, 0.1) is 58.9 Å². The zero-order valence-electron chi connectivity index (χ0n) is 31.5. The van der Waals surface area contributed by atoms with Crippen LogP contribution < -0.4 is 14.8 Å². The summed E-state index contributed by atoms with van der Waals surface area (Å²) in [5.41, 5.74) is 4.36. The maximum Gasteiger partial charge on any atom is 0.410 e. The number of aromatic nitrogens is 2. The fourth-order valence-corrected chi connectivity index (χ4v) is 7.28. The van der Waals surface area contributed by atoms with Gasteiger partial charge in [0.1, 0.15) is 11.4 Å². The zero-order chi connectivity index (χ0) is 39.3. The third kappa shape index (κ3) is 9.94. The summed E-state index contributed by atoms with van der Waals surface area (Å²) >= 11 is 21.1. The molecule has 1 saturated heterocycles. The van der Waals surface area contributed by atoms with E-state index in [0.717, 1.165) is 11.1 Å². The predicted octanol–water partition coefficient (Wildman–Crippen LogP) is 8.28. The van der Waals surface area contributed by atoms with Gasteiger partial charge in [-0.15, -0.1) is 0 Å². The number of pyridine rings is 2. The second-order valence-corrected chi connectivity index (χ2v) is 15.6. The normalized spacial score (nSPS) is 14.9. The van der Waals surface area contributed by atoms with E-state index >= 15 is 0 Å². The Morgan fingerprint density at radius 2 is 1.74 bits per heavy atom. The first-order chi connectivity index (χ1) is 25.6. The van der Waals surface area contributed by atoms with Crippen molar-refractivity contribution in [3.8, 4) is 45.3 Å². The van der Waals surface area contributed by atoms with Crippen LogP contribution in [-0.4, -0.2) is 89.0 Å². The lowest BCUT2D eigenvalue weighted by Gasteiger charge is -2.29. The molecule has 3 heterocycles. The predicted molar refractivity (Wildman–Crippen MR) is 212 cm³/mol. The van der Waals surface area contributed by atoms with Gasteiger partial charge in [-0.3, -0.25) is 14.7 Å². The Labute approximate surface area is 331 Å². The summed E-state index contributed by atoms with van der Waals surface area (Å²) in [7, 11) is 5.03. The van der Waals surface area contributed by atoms with Crippen LogP contribution in [0.4, 0.5) is 4.79 Å². The smallest absolute Gasteiger partial charge is 0.410 e. The number of methoxy groups -OCH3 is 2. The summed E-state index contributed by atoms with van der Waals surface area (Å²) in [5, 5.41) is 13.8. The van der Waals surface area contributed by atoms with Crippen LogP contribution in [0.25, 0.3) is 33.6 Å². The molecule has 2 aromatic heterocycles. The minimum Gasteiger partial charge on any atom is -0.496 e. The highest BCUT2D eigenvalue weighted by Crippen LogP contribution is 2.43. The van der Waals surface area contributed by atoms with Crippen LogP contribution in [0.2, 0.25) is 15.1 Å². The van der Waals surface area contributed by atoms with Gasteiger partial charge in [0.15, 0.2) is 0 Å². The second kappa shape index (κ2) is 17.6. The molecule has 1 fully saturated rings. The van der Waals surface area contributed by atoms with Crippen LogP contribution in [0.3, 0.4) is 0 Å². The SMILES string of the molecule is COc1cc(-c2nccc(-c3cccc(-c4cc(Cl)c(CN(C[C@@H]5CCC(=O)N5)C(=O)OC(C)(C)C)c(OC)n4)c3Cl)c2Cl)ccc1CN(C)C[C@H](C)O. The molecule has 288 valence electrons. The van der Waals surface area contributed by atoms with Gasteiger partial charge in [-0.1, -0.05) is 65.1 Å². The third-order valence-corrected chi connectivity index (χ3v) is 9.91. The van der Waals surface area contributed by atoms with Crippen LogP contribution in [0.15, 0.2) is 54.7 Å². The molecule has 0 unspecified atom stereocenters. The number of carbonyl (C=O) groups is 2. The Bertz CT molecular complexity index is 2000. The molecule has 0 spiro atoms. The molecule has 2 N–H and O–H groups in total. The molecule has 54 heavy (non-hydrogen) atoms. The number of likely N-dealkylation sites (N-methyl/N-ethyl adjacent to an activating group) is 1. The van der Waals surface area contributed by atoms with E-state index in [1.807, 2.05) is 48.3 Å². The first kappa shape index (κ1) is 41.0. The van der Waals surface area contributed by atoms with E-state index in [0.29, 0.717) is 80.4 Å². The first-order valence-electron chi connectivity index (χ1n) is 17.6. The Morgan fingerprint density at radius 1 is 1.02 bits per heavy atom. The van der Waals surface area contributed by atoms with Gasteiger partial charge in [-0.25, -0.2) is 9.78 Å². The van der Waals surface area contributed by atoms with Crippen LogP contribution in [0, 0.1) is 0 Å². The summed E-state index contributed by atoms with van der Waals surface area (Å²) in [4.78, 5) is 38.2. The molecular weight excluding hydrogens is 753 g/mol. The summed E-state index contributed by atoms with van der Waals surface area (Å²) in [6.07, 6.45) is 1.67. The minimum atomic E-state index is -0.737. The molecular formula is C40H46Cl3N5O6. The van der Waals surface area contributed by atoms with Crippen molar-refractivity contribution in [2.24, 2.45) is 0 Å². The number of amides is 2. The average molecular weight is 799 g/mol. The highest BCUT2D eigenvalue weighted by Gasteiger charge is 2.30. The van der Waals surface area contributed by atoms with Crippen molar-refractivity contribution < 1.29 is 28.9 Å². The Kier molecular flexibility index (Phi) is 13.3. The van der Waals surface area contributed by atoms with Crippen LogP contribution in [0.1, 0.15) is 51.7 Å². The monoisotopic (exact) mass is 797 g/mol. The summed E-state index contributed by atoms with van der Waals surface area (Å²) < 4.78 is 17.1. The third-order valence-electron chi connectivity index (χ3n) is 8.78. The Hall–Kier alpha value is -4.13. The maximum absolute atomic E-state index is 13.3. The van der Waals surface area contributed by atoms with Crippen molar-refractivity contribution in [2.75, 3.05) is 34.4 Å². The van der Waals surface area contributed by atoms with E-state index in [9.17, 15) is 14.7 Å². The first-order valence-corrected chi connectivity index (χ1v) is 18.7. The molecule has 1 aliphatic heterocycles. The molecule has 0 bridgehead atoms.